The Balaban J connectivity index is 1.91. The fourth-order valence-corrected chi connectivity index (χ4v) is 5.98. The zero-order valence-electron chi connectivity index (χ0n) is 14.4. The van der Waals surface area contributed by atoms with Gasteiger partial charge in [0.25, 0.3) is 0 Å². The highest BCUT2D eigenvalue weighted by atomic mass is 79.9. The molecule has 0 spiro atoms. The summed E-state index contributed by atoms with van der Waals surface area (Å²) in [4.78, 5) is 23.2. The summed E-state index contributed by atoms with van der Waals surface area (Å²) in [6.45, 7) is 1.24. The highest BCUT2D eigenvalue weighted by molar-refractivity contribution is 9.10. The fourth-order valence-electron chi connectivity index (χ4n) is 2.96. The number of halogens is 2. The van der Waals surface area contributed by atoms with E-state index in [-0.39, 0.29) is 12.2 Å². The van der Waals surface area contributed by atoms with Crippen LogP contribution in [0.3, 0.4) is 0 Å². The first kappa shape index (κ1) is 20.5. The van der Waals surface area contributed by atoms with Crippen molar-refractivity contribution in [3.63, 3.8) is 0 Å². The minimum Gasteiger partial charge on any atom is -0.344 e. The highest BCUT2D eigenvalue weighted by Crippen LogP contribution is 2.55. The van der Waals surface area contributed by atoms with Crippen LogP contribution in [0.5, 0.6) is 0 Å². The molecule has 0 aliphatic carbocycles. The number of rotatable bonds is 6. The van der Waals surface area contributed by atoms with Crippen molar-refractivity contribution in [1.29, 1.82) is 0 Å². The van der Waals surface area contributed by atoms with Gasteiger partial charge in [-0.1, -0.05) is 57.9 Å². The van der Waals surface area contributed by atoms with Gasteiger partial charge >= 0.3 is 0 Å². The van der Waals surface area contributed by atoms with Gasteiger partial charge in [0.05, 0.1) is 0 Å². The molecule has 2 unspecified atom stereocenters. The molecule has 0 aliphatic rings. The van der Waals surface area contributed by atoms with Gasteiger partial charge in [-0.05, 0) is 46.2 Å². The number of carbonyl (C=O) groups excluding carboxylic acids is 1. The maximum absolute atomic E-state index is 12.9. The van der Waals surface area contributed by atoms with E-state index in [0.29, 0.717) is 10.6 Å². The molecule has 27 heavy (non-hydrogen) atoms. The number of ketones is 1. The number of benzene rings is 2. The van der Waals surface area contributed by atoms with Crippen LogP contribution in [0.25, 0.3) is 16.2 Å². The molecule has 3 nitrogen and oxygen atoms in total. The van der Waals surface area contributed by atoms with Crippen molar-refractivity contribution in [2.24, 2.45) is 0 Å². The minimum atomic E-state index is -3.69. The molecule has 0 saturated heterocycles. The maximum atomic E-state index is 12.9. The zero-order chi connectivity index (χ0) is 19.6. The summed E-state index contributed by atoms with van der Waals surface area (Å²) in [5.74, 6) is -0.286. The topological polar surface area (TPSA) is 54.4 Å². The molecule has 1 heterocycles. The Morgan fingerprint density at radius 3 is 2.78 bits per heavy atom. The van der Waals surface area contributed by atoms with E-state index in [1.165, 1.54) is 18.0 Å². The molecule has 0 saturated carbocycles. The number of thiophene rings is 1. The molecule has 0 radical (unpaired) electrons. The number of hydrogen-bond donors (Lipinski definition) is 1. The van der Waals surface area contributed by atoms with Crippen LogP contribution in [0.1, 0.15) is 23.2 Å². The third-order valence-electron chi connectivity index (χ3n) is 4.17. The normalized spacial score (nSPS) is 15.1. The van der Waals surface area contributed by atoms with E-state index in [1.54, 1.807) is 23.6 Å². The predicted octanol–water partition coefficient (Wildman–Crippen LogP) is 6.93. The van der Waals surface area contributed by atoms with Crippen molar-refractivity contribution >= 4 is 68.2 Å². The van der Waals surface area contributed by atoms with Crippen LogP contribution < -0.4 is 0 Å². The molecule has 140 valence electrons. The van der Waals surface area contributed by atoms with Crippen molar-refractivity contribution in [1.82, 2.24) is 0 Å². The lowest BCUT2D eigenvalue weighted by atomic mass is 10.0. The first-order valence-corrected chi connectivity index (χ1v) is 12.4. The minimum absolute atomic E-state index is 0.0717. The third-order valence-corrected chi connectivity index (χ3v) is 7.63. The highest BCUT2D eigenvalue weighted by Gasteiger charge is 2.35. The average molecular weight is 484 g/mol. The largest absolute Gasteiger partial charge is 0.344 e. The van der Waals surface area contributed by atoms with Gasteiger partial charge in [-0.15, -0.1) is 11.3 Å². The summed E-state index contributed by atoms with van der Waals surface area (Å²) in [5, 5.41) is 3.08. The first-order valence-electron chi connectivity index (χ1n) is 8.18. The van der Waals surface area contributed by atoms with E-state index in [2.05, 4.69) is 15.9 Å². The van der Waals surface area contributed by atoms with Crippen molar-refractivity contribution < 1.29 is 14.3 Å². The lowest BCUT2D eigenvalue weighted by Crippen LogP contribution is -2.11. The van der Waals surface area contributed by atoms with Crippen molar-refractivity contribution in [2.45, 2.75) is 12.1 Å². The van der Waals surface area contributed by atoms with Gasteiger partial charge in [0.2, 0.25) is 7.37 Å². The molecule has 3 rings (SSSR count). The molecule has 2 aromatic carbocycles. The van der Waals surface area contributed by atoms with Crippen molar-refractivity contribution in [2.75, 3.05) is 6.66 Å². The van der Waals surface area contributed by atoms with Gasteiger partial charge in [-0.3, -0.25) is 9.36 Å². The summed E-state index contributed by atoms with van der Waals surface area (Å²) >= 11 is 11.0. The molecule has 0 fully saturated rings. The van der Waals surface area contributed by atoms with Gasteiger partial charge in [0.15, 0.2) is 5.78 Å². The van der Waals surface area contributed by atoms with Crippen LogP contribution in [0, 0.1) is 0 Å². The molecule has 1 N–H and O–H groups in total. The summed E-state index contributed by atoms with van der Waals surface area (Å²) in [7, 11) is -3.69. The second kappa shape index (κ2) is 8.42. The van der Waals surface area contributed by atoms with Crippen LogP contribution in [-0.4, -0.2) is 17.3 Å². The van der Waals surface area contributed by atoms with Gasteiger partial charge in [-0.25, -0.2) is 0 Å². The van der Waals surface area contributed by atoms with E-state index in [4.69, 9.17) is 11.6 Å². The maximum Gasteiger partial charge on any atom is 0.212 e. The van der Waals surface area contributed by atoms with Crippen LogP contribution in [0.15, 0.2) is 58.4 Å². The standard InChI is InChI=1S/C20H17BrClO3PS/c1-26(24,25)20(16-12-27-19-10-9-14(22)11-15(16)19)18(23)8-4-6-13-5-2-3-7-17(13)21/h2-7,9-12,20H,8H2,1H3,(H,24,25)/b6-4+. The quantitative estimate of drug-likeness (QED) is 0.387. The molecule has 7 heteroatoms. The second-order valence-electron chi connectivity index (χ2n) is 6.27. The molecular weight excluding hydrogens is 467 g/mol. The van der Waals surface area contributed by atoms with Crippen LogP contribution >= 0.6 is 46.2 Å². The molecule has 2 atom stereocenters. The number of allylic oxidation sites excluding steroid dienone is 1. The molecule has 0 aliphatic heterocycles. The molecule has 1 aromatic heterocycles. The summed E-state index contributed by atoms with van der Waals surface area (Å²) in [6.07, 6.45) is 3.63. The van der Waals surface area contributed by atoms with Gasteiger partial charge < -0.3 is 4.89 Å². The van der Waals surface area contributed by atoms with Crippen LogP contribution in [0.2, 0.25) is 5.02 Å². The first-order chi connectivity index (χ1) is 12.8. The van der Waals surface area contributed by atoms with Gasteiger partial charge in [0, 0.05) is 27.3 Å². The Hall–Kier alpha value is -1.23. The Kier molecular flexibility index (Phi) is 6.39. The monoisotopic (exact) mass is 482 g/mol. The fraction of sp³-hybridized carbons (Fsp3) is 0.150. The Bertz CT molecular complexity index is 1070. The molecule has 3 aromatic rings. The average Bonchev–Trinajstić information content (AvgIpc) is 2.98. The summed E-state index contributed by atoms with van der Waals surface area (Å²) in [6, 6.07) is 13.0. The van der Waals surface area contributed by atoms with E-state index in [1.807, 2.05) is 36.4 Å². The Labute approximate surface area is 175 Å². The molecular formula is C20H17BrClO3PS. The second-order valence-corrected chi connectivity index (χ2v) is 10.9. The van der Waals surface area contributed by atoms with Crippen LogP contribution in [-0.2, 0) is 9.36 Å². The lowest BCUT2D eigenvalue weighted by molar-refractivity contribution is -0.118. The smallest absolute Gasteiger partial charge is 0.212 e. The Morgan fingerprint density at radius 2 is 2.07 bits per heavy atom. The zero-order valence-corrected chi connectivity index (χ0v) is 18.5. The van der Waals surface area contributed by atoms with Crippen LogP contribution in [0.4, 0.5) is 0 Å². The van der Waals surface area contributed by atoms with Gasteiger partial charge in [0.1, 0.15) is 5.66 Å². The number of hydrogen-bond acceptors (Lipinski definition) is 3. The lowest BCUT2D eigenvalue weighted by Gasteiger charge is -2.18. The van der Waals surface area contributed by atoms with E-state index < -0.39 is 13.0 Å². The summed E-state index contributed by atoms with van der Waals surface area (Å²) in [5.41, 5.74) is 0.456. The van der Waals surface area contributed by atoms with E-state index in [0.717, 1.165) is 20.1 Å². The van der Waals surface area contributed by atoms with Crippen molar-refractivity contribution in [3.05, 3.63) is 74.5 Å². The van der Waals surface area contributed by atoms with E-state index in [9.17, 15) is 14.3 Å². The Morgan fingerprint density at radius 1 is 1.33 bits per heavy atom. The number of Topliss-reactive ketones (excluding diaryl/α,β-unsaturated/α-hetero) is 1. The molecule has 0 bridgehead atoms. The molecule has 0 amide bonds. The number of carbonyl (C=O) groups is 1. The van der Waals surface area contributed by atoms with E-state index >= 15 is 0 Å². The van der Waals surface area contributed by atoms with Gasteiger partial charge in [-0.2, -0.15) is 0 Å². The van der Waals surface area contributed by atoms with Crippen molar-refractivity contribution in [3.8, 4) is 0 Å². The SMILES string of the molecule is CP(=O)(O)C(C(=O)C/C=C/c1ccccc1Br)c1csc2ccc(Cl)cc12. The predicted molar refractivity (Wildman–Crippen MR) is 118 cm³/mol. The number of fused-ring (bicyclic) bond motifs is 1. The summed E-state index contributed by atoms with van der Waals surface area (Å²) < 4.78 is 14.4. The third kappa shape index (κ3) is 4.79.